The van der Waals surface area contributed by atoms with Gasteiger partial charge in [0.1, 0.15) is 30.5 Å². The first-order chi connectivity index (χ1) is 18.3. The Hall–Kier alpha value is -4.54. The molecule has 0 saturated carbocycles. The highest BCUT2D eigenvalue weighted by Crippen LogP contribution is 2.39. The van der Waals surface area contributed by atoms with Crippen LogP contribution in [0, 0.1) is 12.7 Å². The van der Waals surface area contributed by atoms with Crippen molar-refractivity contribution in [2.24, 2.45) is 0 Å². The van der Waals surface area contributed by atoms with Crippen molar-refractivity contribution in [1.82, 2.24) is 25.3 Å². The maximum Gasteiger partial charge on any atom is 0.244 e. The molecule has 0 spiro atoms. The lowest BCUT2D eigenvalue weighted by Crippen LogP contribution is -2.43. The molecule has 3 aromatic rings. The van der Waals surface area contributed by atoms with Gasteiger partial charge in [-0.2, -0.15) is 0 Å². The summed E-state index contributed by atoms with van der Waals surface area (Å²) >= 11 is 0. The monoisotopic (exact) mass is 516 g/mol. The number of fused-ring (bicyclic) bond motifs is 3. The van der Waals surface area contributed by atoms with Crippen LogP contribution in [0.2, 0.25) is 0 Å². The zero-order valence-electron chi connectivity index (χ0n) is 21.4. The standard InChI is InChI=1S/C27H29FN8O2/c1-14(2)35-6-4-17-10-22(34-36(17)13-23(35)37)33-21-9-16-8-18(24(28)25(29)20(16)12-31-21)19-11-32-27-26(15(19)3)30-5-7-38-27/h4,8-12,14,30,34H,5-7,13,29H2,1-3H3,(H,31,33). The third kappa shape index (κ3) is 4.00. The Kier molecular flexibility index (Phi) is 5.70. The molecule has 0 fully saturated rings. The Morgan fingerprint density at radius 2 is 2.05 bits per heavy atom. The number of nitrogens with one attached hydrogen (secondary N) is 3. The Morgan fingerprint density at radius 1 is 1.21 bits per heavy atom. The smallest absolute Gasteiger partial charge is 0.244 e. The van der Waals surface area contributed by atoms with Gasteiger partial charge in [0, 0.05) is 54.1 Å². The van der Waals surface area contributed by atoms with Crippen LogP contribution in [0.1, 0.15) is 19.4 Å². The molecular weight excluding hydrogens is 487 g/mol. The molecule has 0 unspecified atom stereocenters. The summed E-state index contributed by atoms with van der Waals surface area (Å²) in [5.41, 5.74) is 13.0. The van der Waals surface area contributed by atoms with Crippen molar-refractivity contribution in [3.05, 3.63) is 59.6 Å². The van der Waals surface area contributed by atoms with Crippen molar-refractivity contribution < 1.29 is 13.9 Å². The summed E-state index contributed by atoms with van der Waals surface area (Å²) in [6, 6.07) is 3.72. The molecule has 1 aromatic carbocycles. The molecule has 3 aliphatic heterocycles. The molecule has 6 rings (SSSR count). The molecule has 0 radical (unpaired) electrons. The van der Waals surface area contributed by atoms with Gasteiger partial charge in [-0.3, -0.25) is 15.2 Å². The minimum Gasteiger partial charge on any atom is -0.474 e. The van der Waals surface area contributed by atoms with E-state index in [0.717, 1.165) is 22.3 Å². The van der Waals surface area contributed by atoms with Crippen LogP contribution in [-0.2, 0) is 4.79 Å². The van der Waals surface area contributed by atoms with E-state index < -0.39 is 5.82 Å². The average Bonchev–Trinajstić information content (AvgIpc) is 3.19. The van der Waals surface area contributed by atoms with Gasteiger partial charge in [-0.1, -0.05) is 0 Å². The summed E-state index contributed by atoms with van der Waals surface area (Å²) < 4.78 is 21.1. The van der Waals surface area contributed by atoms with E-state index >= 15 is 4.39 Å². The SMILES string of the molecule is Cc1c(-c2cc3cc(NC4=CC5=CCN(C(C)C)C(=O)CN5N4)ncc3c(N)c2F)cnc2c1NCCO2. The molecular formula is C27H29FN8O2. The van der Waals surface area contributed by atoms with Crippen LogP contribution in [0.3, 0.4) is 0 Å². The first-order valence-electron chi connectivity index (χ1n) is 12.6. The molecule has 0 bridgehead atoms. The van der Waals surface area contributed by atoms with Crippen molar-refractivity contribution in [3.8, 4) is 17.0 Å². The number of pyridine rings is 2. The van der Waals surface area contributed by atoms with Crippen LogP contribution in [0.5, 0.6) is 5.88 Å². The van der Waals surface area contributed by atoms with E-state index in [4.69, 9.17) is 10.5 Å². The fraction of sp³-hybridized carbons (Fsp3) is 0.296. The number of anilines is 3. The highest BCUT2D eigenvalue weighted by Gasteiger charge is 2.28. The third-order valence-corrected chi connectivity index (χ3v) is 7.09. The quantitative estimate of drug-likeness (QED) is 0.387. The van der Waals surface area contributed by atoms with Gasteiger partial charge < -0.3 is 26.0 Å². The summed E-state index contributed by atoms with van der Waals surface area (Å²) in [6.45, 7) is 7.89. The number of carbonyl (C=O) groups is 1. The number of benzene rings is 1. The van der Waals surface area contributed by atoms with Gasteiger partial charge in [-0.25, -0.2) is 14.4 Å². The lowest BCUT2D eigenvalue weighted by molar-refractivity contribution is -0.132. The first kappa shape index (κ1) is 23.8. The number of amides is 1. The van der Waals surface area contributed by atoms with Gasteiger partial charge in [-0.05, 0) is 49.9 Å². The van der Waals surface area contributed by atoms with Gasteiger partial charge >= 0.3 is 0 Å². The number of hydrazine groups is 1. The van der Waals surface area contributed by atoms with E-state index in [9.17, 15) is 4.79 Å². The maximum atomic E-state index is 15.5. The number of nitrogen functional groups attached to an aromatic ring is 1. The fourth-order valence-corrected chi connectivity index (χ4v) is 5.04. The van der Waals surface area contributed by atoms with Crippen molar-refractivity contribution in [3.63, 3.8) is 0 Å². The number of aromatic nitrogens is 2. The van der Waals surface area contributed by atoms with Crippen molar-refractivity contribution in [2.45, 2.75) is 26.8 Å². The van der Waals surface area contributed by atoms with Gasteiger partial charge in [-0.15, -0.1) is 0 Å². The molecule has 3 aliphatic rings. The summed E-state index contributed by atoms with van der Waals surface area (Å²) in [7, 11) is 0. The highest BCUT2D eigenvalue weighted by molar-refractivity contribution is 5.98. The van der Waals surface area contributed by atoms with Crippen molar-refractivity contribution in [1.29, 1.82) is 0 Å². The number of hydrogen-bond acceptors (Lipinski definition) is 9. The highest BCUT2D eigenvalue weighted by atomic mass is 19.1. The molecule has 1 amide bonds. The normalized spacial score (nSPS) is 16.7. The number of carbonyl (C=O) groups excluding carboxylic acids is 1. The Balaban J connectivity index is 1.32. The third-order valence-electron chi connectivity index (χ3n) is 7.09. The molecule has 11 heteroatoms. The Morgan fingerprint density at radius 3 is 2.87 bits per heavy atom. The van der Waals surface area contributed by atoms with Crippen molar-refractivity contribution in [2.75, 3.05) is 42.6 Å². The van der Waals surface area contributed by atoms with Crippen LogP contribution in [0.4, 0.5) is 21.6 Å². The summed E-state index contributed by atoms with van der Waals surface area (Å²) in [6.07, 6.45) is 7.13. The van der Waals surface area contributed by atoms with Crippen molar-refractivity contribution >= 4 is 33.9 Å². The molecule has 0 saturated heterocycles. The molecule has 38 heavy (non-hydrogen) atoms. The van der Waals surface area contributed by atoms with E-state index in [-0.39, 0.29) is 24.2 Å². The Labute approximate surface area is 219 Å². The van der Waals surface area contributed by atoms with Gasteiger partial charge in [0.15, 0.2) is 5.82 Å². The number of halogens is 1. The number of hydrogen-bond donors (Lipinski definition) is 4. The van der Waals surface area contributed by atoms with Gasteiger partial charge in [0.05, 0.1) is 11.4 Å². The second-order valence-corrected chi connectivity index (χ2v) is 9.84. The number of nitrogens with zero attached hydrogens (tertiary/aromatic N) is 4. The van der Waals surface area contributed by atoms with E-state index in [0.29, 0.717) is 53.7 Å². The molecule has 0 atom stereocenters. The number of rotatable bonds is 4. The first-order valence-corrected chi connectivity index (χ1v) is 12.6. The van der Waals surface area contributed by atoms with Crippen LogP contribution >= 0.6 is 0 Å². The fourth-order valence-electron chi connectivity index (χ4n) is 5.04. The summed E-state index contributed by atoms with van der Waals surface area (Å²) in [4.78, 5) is 23.3. The van der Waals surface area contributed by atoms with E-state index in [1.807, 2.05) is 48.9 Å². The predicted molar refractivity (Wildman–Crippen MR) is 145 cm³/mol. The largest absolute Gasteiger partial charge is 0.474 e. The maximum absolute atomic E-state index is 15.5. The minimum absolute atomic E-state index is 0.0304. The zero-order valence-corrected chi connectivity index (χ0v) is 21.4. The van der Waals surface area contributed by atoms with Crippen LogP contribution in [0.15, 0.2) is 48.2 Å². The number of ether oxygens (including phenoxy) is 1. The number of allylic oxidation sites excluding steroid dienone is 1. The van der Waals surface area contributed by atoms with E-state index in [2.05, 4.69) is 26.0 Å². The topological polar surface area (TPSA) is 121 Å². The predicted octanol–water partition coefficient (Wildman–Crippen LogP) is 3.34. The second kappa shape index (κ2) is 9.09. The van der Waals surface area contributed by atoms with E-state index in [1.54, 1.807) is 18.5 Å². The minimum atomic E-state index is -0.512. The number of nitrogens with two attached hydrogens (primary N) is 1. The summed E-state index contributed by atoms with van der Waals surface area (Å²) in [5.74, 6) is 1.29. The van der Waals surface area contributed by atoms with Gasteiger partial charge in [0.2, 0.25) is 11.8 Å². The lowest BCUT2D eigenvalue weighted by atomic mass is 9.97. The molecule has 196 valence electrons. The molecule has 10 nitrogen and oxygen atoms in total. The average molecular weight is 517 g/mol. The molecule has 5 heterocycles. The van der Waals surface area contributed by atoms with Crippen LogP contribution < -0.4 is 26.5 Å². The van der Waals surface area contributed by atoms with Crippen LogP contribution in [-0.4, -0.2) is 58.1 Å². The Bertz CT molecular complexity index is 1530. The van der Waals surface area contributed by atoms with E-state index in [1.165, 1.54) is 0 Å². The van der Waals surface area contributed by atoms with Crippen LogP contribution in [0.25, 0.3) is 21.9 Å². The molecule has 0 aliphatic carbocycles. The lowest BCUT2D eigenvalue weighted by Gasteiger charge is -2.26. The summed E-state index contributed by atoms with van der Waals surface area (Å²) in [5, 5.41) is 9.61. The second-order valence-electron chi connectivity index (χ2n) is 9.84. The van der Waals surface area contributed by atoms with Gasteiger partial charge in [0.25, 0.3) is 0 Å². The molecule has 5 N–H and O–H groups in total. The molecule has 2 aromatic heterocycles. The zero-order chi connectivity index (χ0) is 26.6.